The van der Waals surface area contributed by atoms with E-state index in [-0.39, 0.29) is 16.3 Å². The van der Waals surface area contributed by atoms with E-state index in [1.54, 1.807) is 6.07 Å². The fourth-order valence-corrected chi connectivity index (χ4v) is 4.57. The summed E-state index contributed by atoms with van der Waals surface area (Å²) in [4.78, 5) is -0.0813. The van der Waals surface area contributed by atoms with E-state index in [1.165, 1.54) is 19.1 Å². The fraction of sp³-hybridized carbons (Fsp3) is 0.400. The summed E-state index contributed by atoms with van der Waals surface area (Å²) in [6, 6.07) is 3.71. The van der Waals surface area contributed by atoms with Gasteiger partial charge in [-0.2, -0.15) is 0 Å². The number of halogens is 1. The molecule has 0 fully saturated rings. The number of nitrogens with one attached hydrogen (secondary N) is 1. The third kappa shape index (κ3) is 5.09. The average Bonchev–Trinajstić information content (AvgIpc) is 2.17. The highest BCUT2D eigenvalue weighted by molar-refractivity contribution is 9.10. The second kappa shape index (κ2) is 5.78. The van der Waals surface area contributed by atoms with Gasteiger partial charge in [0.1, 0.15) is 14.7 Å². The Morgan fingerprint density at radius 1 is 1.32 bits per heavy atom. The van der Waals surface area contributed by atoms with Gasteiger partial charge in [-0.3, -0.25) is 0 Å². The number of benzene rings is 1. The molecule has 6 nitrogen and oxygen atoms in total. The third-order valence-electron chi connectivity index (χ3n) is 2.17. The summed E-state index contributed by atoms with van der Waals surface area (Å²) in [5, 5.41) is 0. The topological polar surface area (TPSA) is 106 Å². The van der Waals surface area contributed by atoms with Gasteiger partial charge in [0.2, 0.25) is 10.0 Å². The van der Waals surface area contributed by atoms with Gasteiger partial charge in [-0.1, -0.05) is 15.9 Å². The van der Waals surface area contributed by atoms with Crippen LogP contribution in [-0.2, 0) is 19.9 Å². The molecule has 1 aromatic carbocycles. The van der Waals surface area contributed by atoms with Gasteiger partial charge in [0.25, 0.3) is 0 Å². The Morgan fingerprint density at radius 3 is 2.42 bits per heavy atom. The Morgan fingerprint density at radius 2 is 1.89 bits per heavy atom. The highest BCUT2D eigenvalue weighted by Crippen LogP contribution is 2.23. The van der Waals surface area contributed by atoms with Crippen LogP contribution in [-0.4, -0.2) is 34.9 Å². The molecule has 0 heterocycles. The molecule has 0 bridgehead atoms. The van der Waals surface area contributed by atoms with Gasteiger partial charge in [-0.05, 0) is 25.1 Å². The van der Waals surface area contributed by atoms with Crippen LogP contribution in [0, 0.1) is 0 Å². The highest BCUT2D eigenvalue weighted by Gasteiger charge is 2.22. The maximum atomic E-state index is 12.1. The summed E-state index contributed by atoms with van der Waals surface area (Å²) in [5.41, 5.74) is 5.72. The second-order valence-corrected chi connectivity index (χ2v) is 9.08. The molecule has 0 aliphatic carbocycles. The molecule has 1 atom stereocenters. The molecule has 19 heavy (non-hydrogen) atoms. The van der Waals surface area contributed by atoms with E-state index in [1.807, 2.05) is 0 Å². The summed E-state index contributed by atoms with van der Waals surface area (Å²) in [7, 11) is -7.12. The Bertz CT molecular complexity index is 671. The molecule has 0 saturated carbocycles. The minimum absolute atomic E-state index is 0.0813. The first-order chi connectivity index (χ1) is 8.51. The summed E-state index contributed by atoms with van der Waals surface area (Å²) in [5.74, 6) is -0.278. The van der Waals surface area contributed by atoms with Crippen molar-refractivity contribution in [1.82, 2.24) is 4.72 Å². The molecule has 0 radical (unpaired) electrons. The Kier molecular flexibility index (Phi) is 4.99. The molecule has 0 aliphatic rings. The molecule has 0 saturated heterocycles. The van der Waals surface area contributed by atoms with Gasteiger partial charge in [0, 0.05) is 16.8 Å². The van der Waals surface area contributed by atoms with E-state index in [0.29, 0.717) is 4.47 Å². The van der Waals surface area contributed by atoms with Crippen LogP contribution in [0.2, 0.25) is 0 Å². The molecule has 1 unspecified atom stereocenters. The monoisotopic (exact) mass is 370 g/mol. The number of rotatable bonds is 5. The zero-order valence-electron chi connectivity index (χ0n) is 10.4. The van der Waals surface area contributed by atoms with Gasteiger partial charge < -0.3 is 5.73 Å². The number of sulfone groups is 1. The quantitative estimate of drug-likeness (QED) is 0.743. The minimum atomic E-state index is -3.85. The van der Waals surface area contributed by atoms with Crippen LogP contribution >= 0.6 is 15.9 Å². The number of anilines is 1. The first-order valence-electron chi connectivity index (χ1n) is 5.26. The summed E-state index contributed by atoms with van der Waals surface area (Å²) in [6.07, 6.45) is 1.05. The van der Waals surface area contributed by atoms with Crippen LogP contribution < -0.4 is 10.5 Å². The Hall–Kier alpha value is -0.640. The molecule has 0 aliphatic heterocycles. The van der Waals surface area contributed by atoms with Crippen LogP contribution in [0.4, 0.5) is 5.69 Å². The smallest absolute Gasteiger partial charge is 0.242 e. The van der Waals surface area contributed by atoms with Crippen molar-refractivity contribution in [3.05, 3.63) is 22.7 Å². The molecule has 0 amide bonds. The van der Waals surface area contributed by atoms with E-state index in [9.17, 15) is 16.8 Å². The summed E-state index contributed by atoms with van der Waals surface area (Å²) in [6.45, 7) is 1.48. The molecule has 3 N–H and O–H groups in total. The predicted octanol–water partition coefficient (Wildman–Crippen LogP) is 0.743. The molecule has 108 valence electrons. The predicted molar refractivity (Wildman–Crippen MR) is 78.0 cm³/mol. The van der Waals surface area contributed by atoms with Gasteiger partial charge in [-0.15, -0.1) is 0 Å². The zero-order chi connectivity index (χ0) is 14.8. The van der Waals surface area contributed by atoms with Gasteiger partial charge in [0.15, 0.2) is 0 Å². The lowest BCUT2D eigenvalue weighted by atomic mass is 10.3. The van der Waals surface area contributed by atoms with Crippen LogP contribution in [0.5, 0.6) is 0 Å². The lowest BCUT2D eigenvalue weighted by Gasteiger charge is -2.14. The average molecular weight is 371 g/mol. The van der Waals surface area contributed by atoms with Crippen LogP contribution in [0.25, 0.3) is 0 Å². The van der Waals surface area contributed by atoms with E-state index in [2.05, 4.69) is 20.7 Å². The maximum absolute atomic E-state index is 12.1. The highest BCUT2D eigenvalue weighted by atomic mass is 79.9. The van der Waals surface area contributed by atoms with Crippen molar-refractivity contribution < 1.29 is 16.8 Å². The number of nitrogen functional groups attached to an aromatic ring is 1. The zero-order valence-corrected chi connectivity index (χ0v) is 13.6. The summed E-state index contributed by atoms with van der Waals surface area (Å²) < 4.78 is 49.3. The standard InChI is InChI=1S/C10H15BrN2O4S2/c1-7(6-18(2,14)15)13-19(16,17)10-5-8(11)3-4-9(10)12/h3-5,7,13H,6,12H2,1-2H3. The van der Waals surface area contributed by atoms with E-state index >= 15 is 0 Å². The van der Waals surface area contributed by atoms with E-state index in [0.717, 1.165) is 6.26 Å². The van der Waals surface area contributed by atoms with Gasteiger partial charge in [0.05, 0.1) is 11.4 Å². The Labute approximate surface area is 121 Å². The molecule has 0 spiro atoms. The molecule has 0 aromatic heterocycles. The van der Waals surface area contributed by atoms with Crippen molar-refractivity contribution in [2.75, 3.05) is 17.7 Å². The largest absolute Gasteiger partial charge is 0.398 e. The minimum Gasteiger partial charge on any atom is -0.398 e. The second-order valence-electron chi connectivity index (χ2n) is 4.30. The Balaban J connectivity index is 3.02. The van der Waals surface area contributed by atoms with Crippen molar-refractivity contribution in [1.29, 1.82) is 0 Å². The van der Waals surface area contributed by atoms with Crippen molar-refractivity contribution >= 4 is 41.5 Å². The number of nitrogens with two attached hydrogens (primary N) is 1. The van der Waals surface area contributed by atoms with Crippen molar-refractivity contribution in [3.63, 3.8) is 0 Å². The molecule has 1 rings (SSSR count). The van der Waals surface area contributed by atoms with Crippen LogP contribution in [0.15, 0.2) is 27.6 Å². The van der Waals surface area contributed by atoms with E-state index in [4.69, 9.17) is 5.73 Å². The lowest BCUT2D eigenvalue weighted by molar-refractivity contribution is 0.565. The van der Waals surface area contributed by atoms with Crippen molar-refractivity contribution in [2.24, 2.45) is 0 Å². The van der Waals surface area contributed by atoms with Gasteiger partial charge in [-0.25, -0.2) is 21.6 Å². The number of sulfonamides is 1. The molecular formula is C10H15BrN2O4S2. The normalized spacial score (nSPS) is 14.3. The number of hydrogen-bond donors (Lipinski definition) is 2. The third-order valence-corrected chi connectivity index (χ3v) is 5.42. The fourth-order valence-electron chi connectivity index (χ4n) is 1.56. The van der Waals surface area contributed by atoms with Crippen molar-refractivity contribution in [2.45, 2.75) is 17.9 Å². The first kappa shape index (κ1) is 16.4. The van der Waals surface area contributed by atoms with Gasteiger partial charge >= 0.3 is 0 Å². The van der Waals surface area contributed by atoms with E-state index < -0.39 is 25.9 Å². The number of hydrogen-bond acceptors (Lipinski definition) is 5. The molecular weight excluding hydrogens is 356 g/mol. The SMILES string of the molecule is CC(CS(C)(=O)=O)NS(=O)(=O)c1cc(Br)ccc1N. The lowest BCUT2D eigenvalue weighted by Crippen LogP contribution is -2.37. The first-order valence-corrected chi connectivity index (χ1v) is 9.60. The van der Waals surface area contributed by atoms with Crippen LogP contribution in [0.3, 0.4) is 0 Å². The van der Waals surface area contributed by atoms with Crippen LogP contribution in [0.1, 0.15) is 6.92 Å². The summed E-state index contributed by atoms with van der Waals surface area (Å²) >= 11 is 3.16. The maximum Gasteiger partial charge on any atom is 0.242 e. The molecule has 1 aromatic rings. The van der Waals surface area contributed by atoms with Crippen molar-refractivity contribution in [3.8, 4) is 0 Å². The molecule has 9 heteroatoms.